The second-order valence-electron chi connectivity index (χ2n) is 6.21. The molecular formula is C20H21N5O3. The Morgan fingerprint density at radius 1 is 1.14 bits per heavy atom. The van der Waals surface area contributed by atoms with Gasteiger partial charge in [-0.15, -0.1) is 0 Å². The number of carbonyl (C=O) groups is 2. The number of amides is 2. The van der Waals surface area contributed by atoms with Crippen LogP contribution in [0.4, 0.5) is 11.7 Å². The summed E-state index contributed by atoms with van der Waals surface area (Å²) in [6.45, 7) is 0.369. The van der Waals surface area contributed by atoms with E-state index in [1.54, 1.807) is 42.4 Å². The number of oxazole rings is 1. The van der Waals surface area contributed by atoms with Crippen LogP contribution in [0.2, 0.25) is 0 Å². The van der Waals surface area contributed by atoms with E-state index in [1.165, 1.54) is 0 Å². The first kappa shape index (κ1) is 19.1. The van der Waals surface area contributed by atoms with Gasteiger partial charge in [0.1, 0.15) is 0 Å². The lowest BCUT2D eigenvalue weighted by molar-refractivity contribution is -0.128. The van der Waals surface area contributed by atoms with Gasteiger partial charge in [-0.2, -0.15) is 0 Å². The Morgan fingerprint density at radius 3 is 2.54 bits per heavy atom. The summed E-state index contributed by atoms with van der Waals surface area (Å²) in [5, 5.41) is 3.04. The number of likely N-dealkylation sites (N-methyl/N-ethyl adjacent to an activating group) is 1. The number of primary amides is 1. The summed E-state index contributed by atoms with van der Waals surface area (Å²) < 4.78 is 5.82. The highest BCUT2D eigenvalue weighted by molar-refractivity contribution is 5.93. The predicted molar refractivity (Wildman–Crippen MR) is 106 cm³/mol. The van der Waals surface area contributed by atoms with Crippen LogP contribution in [0.3, 0.4) is 0 Å². The summed E-state index contributed by atoms with van der Waals surface area (Å²) >= 11 is 0. The Kier molecular flexibility index (Phi) is 5.71. The molecule has 8 heteroatoms. The highest BCUT2D eigenvalue weighted by Crippen LogP contribution is 2.28. The molecule has 0 aliphatic carbocycles. The van der Waals surface area contributed by atoms with E-state index in [0.29, 0.717) is 29.6 Å². The maximum absolute atomic E-state index is 11.8. The molecule has 144 valence electrons. The molecule has 0 unspecified atom stereocenters. The molecule has 1 heterocycles. The summed E-state index contributed by atoms with van der Waals surface area (Å²) in [6.07, 6.45) is 1.61. The van der Waals surface area contributed by atoms with Gasteiger partial charge in [0.15, 0.2) is 5.76 Å². The van der Waals surface area contributed by atoms with Gasteiger partial charge >= 0.3 is 0 Å². The summed E-state index contributed by atoms with van der Waals surface area (Å²) in [7, 11) is 1.70. The lowest BCUT2D eigenvalue weighted by atomic mass is 10.1. The topological polar surface area (TPSA) is 127 Å². The molecule has 1 aromatic heterocycles. The van der Waals surface area contributed by atoms with E-state index in [2.05, 4.69) is 10.3 Å². The van der Waals surface area contributed by atoms with Crippen LogP contribution < -0.4 is 16.8 Å². The van der Waals surface area contributed by atoms with Crippen LogP contribution in [0.25, 0.3) is 11.3 Å². The molecule has 0 aliphatic rings. The number of nitrogens with one attached hydrogen (secondary N) is 1. The third-order valence-electron chi connectivity index (χ3n) is 4.22. The van der Waals surface area contributed by atoms with E-state index in [1.807, 2.05) is 24.3 Å². The summed E-state index contributed by atoms with van der Waals surface area (Å²) in [4.78, 5) is 28.7. The summed E-state index contributed by atoms with van der Waals surface area (Å²) in [6, 6.07) is 14.6. The van der Waals surface area contributed by atoms with Crippen molar-refractivity contribution in [3.05, 3.63) is 65.9 Å². The van der Waals surface area contributed by atoms with Crippen LogP contribution in [0, 0.1) is 0 Å². The number of rotatable bonds is 7. The number of benzene rings is 2. The molecule has 0 spiro atoms. The van der Waals surface area contributed by atoms with Gasteiger partial charge in [0.2, 0.25) is 11.8 Å². The molecule has 0 bridgehead atoms. The molecule has 2 aromatic carbocycles. The molecule has 0 radical (unpaired) electrons. The van der Waals surface area contributed by atoms with Gasteiger partial charge in [-0.3, -0.25) is 9.59 Å². The number of anilines is 2. The lowest BCUT2D eigenvalue weighted by Gasteiger charge is -2.17. The molecule has 8 nitrogen and oxygen atoms in total. The van der Waals surface area contributed by atoms with Crippen molar-refractivity contribution in [2.24, 2.45) is 11.5 Å². The van der Waals surface area contributed by atoms with E-state index >= 15 is 0 Å². The van der Waals surface area contributed by atoms with E-state index in [0.717, 1.165) is 11.1 Å². The molecule has 0 atom stereocenters. The normalized spacial score (nSPS) is 10.5. The van der Waals surface area contributed by atoms with Crippen molar-refractivity contribution in [2.75, 3.05) is 18.9 Å². The SMILES string of the molecule is CN(Cc1ccccc1-c1cnc(Nc2ccc(C(N)=O)cc2)o1)C(=O)CN. The largest absolute Gasteiger partial charge is 0.423 e. The fourth-order valence-corrected chi connectivity index (χ4v) is 2.70. The second-order valence-corrected chi connectivity index (χ2v) is 6.21. The Morgan fingerprint density at radius 2 is 1.86 bits per heavy atom. The van der Waals surface area contributed by atoms with Crippen LogP contribution in [-0.4, -0.2) is 35.3 Å². The number of hydrogen-bond donors (Lipinski definition) is 3. The van der Waals surface area contributed by atoms with Crippen LogP contribution in [0.1, 0.15) is 15.9 Å². The zero-order valence-electron chi connectivity index (χ0n) is 15.4. The summed E-state index contributed by atoms with van der Waals surface area (Å²) in [5.74, 6) is -0.0609. The smallest absolute Gasteiger partial charge is 0.299 e. The average molecular weight is 379 g/mol. The average Bonchev–Trinajstić information content (AvgIpc) is 3.16. The second kappa shape index (κ2) is 8.36. The minimum absolute atomic E-state index is 0.0381. The van der Waals surface area contributed by atoms with Crippen molar-refractivity contribution in [1.82, 2.24) is 9.88 Å². The maximum atomic E-state index is 11.8. The quantitative estimate of drug-likeness (QED) is 0.577. The summed E-state index contributed by atoms with van der Waals surface area (Å²) in [5.41, 5.74) is 13.5. The lowest BCUT2D eigenvalue weighted by Crippen LogP contribution is -2.32. The van der Waals surface area contributed by atoms with Crippen LogP contribution in [0.5, 0.6) is 0 Å². The number of hydrogen-bond acceptors (Lipinski definition) is 6. The number of aromatic nitrogens is 1. The van der Waals surface area contributed by atoms with Crippen molar-refractivity contribution < 1.29 is 14.0 Å². The molecule has 3 aromatic rings. The first-order valence-corrected chi connectivity index (χ1v) is 8.63. The minimum Gasteiger partial charge on any atom is -0.423 e. The van der Waals surface area contributed by atoms with E-state index in [-0.39, 0.29) is 12.5 Å². The van der Waals surface area contributed by atoms with Crippen molar-refractivity contribution >= 4 is 23.5 Å². The molecule has 0 aliphatic heterocycles. The van der Waals surface area contributed by atoms with E-state index < -0.39 is 5.91 Å². The molecule has 3 rings (SSSR count). The van der Waals surface area contributed by atoms with Crippen LogP contribution >= 0.6 is 0 Å². The monoisotopic (exact) mass is 379 g/mol. The zero-order chi connectivity index (χ0) is 20.1. The highest BCUT2D eigenvalue weighted by Gasteiger charge is 2.14. The molecule has 0 saturated heterocycles. The number of carbonyl (C=O) groups excluding carboxylic acids is 2. The van der Waals surface area contributed by atoms with Crippen molar-refractivity contribution in [2.45, 2.75) is 6.54 Å². The molecule has 0 saturated carbocycles. The first-order chi connectivity index (χ1) is 13.5. The Labute approximate surface area is 162 Å². The predicted octanol–water partition coefficient (Wildman–Crippen LogP) is 2.10. The zero-order valence-corrected chi connectivity index (χ0v) is 15.4. The molecular weight excluding hydrogens is 358 g/mol. The molecule has 2 amide bonds. The first-order valence-electron chi connectivity index (χ1n) is 8.63. The third-order valence-corrected chi connectivity index (χ3v) is 4.22. The fourth-order valence-electron chi connectivity index (χ4n) is 2.70. The van der Waals surface area contributed by atoms with Gasteiger partial charge in [-0.1, -0.05) is 24.3 Å². The van der Waals surface area contributed by atoms with Crippen molar-refractivity contribution in [3.63, 3.8) is 0 Å². The van der Waals surface area contributed by atoms with Gasteiger partial charge in [0.05, 0.1) is 12.7 Å². The maximum Gasteiger partial charge on any atom is 0.299 e. The number of nitrogens with zero attached hydrogens (tertiary/aromatic N) is 2. The van der Waals surface area contributed by atoms with Gasteiger partial charge in [0.25, 0.3) is 6.01 Å². The van der Waals surface area contributed by atoms with E-state index in [4.69, 9.17) is 15.9 Å². The van der Waals surface area contributed by atoms with Gasteiger partial charge in [-0.25, -0.2) is 4.98 Å². The Balaban J connectivity index is 1.78. The van der Waals surface area contributed by atoms with Crippen LogP contribution in [0.15, 0.2) is 59.1 Å². The molecule has 5 N–H and O–H groups in total. The molecule has 0 fully saturated rings. The van der Waals surface area contributed by atoms with Crippen LogP contribution in [-0.2, 0) is 11.3 Å². The van der Waals surface area contributed by atoms with E-state index in [9.17, 15) is 9.59 Å². The molecule has 28 heavy (non-hydrogen) atoms. The standard InChI is InChI=1S/C20H21N5O3/c1-25(18(26)10-21)12-14-4-2-3-5-16(14)17-11-23-20(28-17)24-15-8-6-13(7-9-15)19(22)27/h2-9,11H,10,12,21H2,1H3,(H2,22,27)(H,23,24). The third kappa shape index (κ3) is 4.36. The van der Waals surface area contributed by atoms with Gasteiger partial charge < -0.3 is 26.1 Å². The fraction of sp³-hybridized carbons (Fsp3) is 0.150. The Hall–Kier alpha value is -3.65. The van der Waals surface area contributed by atoms with Crippen molar-refractivity contribution in [1.29, 1.82) is 0 Å². The minimum atomic E-state index is -0.486. The van der Waals surface area contributed by atoms with Crippen molar-refractivity contribution in [3.8, 4) is 11.3 Å². The number of nitrogens with two attached hydrogens (primary N) is 2. The van der Waals surface area contributed by atoms with Gasteiger partial charge in [0, 0.05) is 30.4 Å². The highest BCUT2D eigenvalue weighted by atomic mass is 16.4. The Bertz CT molecular complexity index is 982. The van der Waals surface area contributed by atoms with Gasteiger partial charge in [-0.05, 0) is 29.8 Å².